The highest BCUT2D eigenvalue weighted by atomic mass is 16.4. The maximum Gasteiger partial charge on any atom is 0.335 e. The molecule has 0 radical (unpaired) electrons. The van der Waals surface area contributed by atoms with Gasteiger partial charge in [0.15, 0.2) is 0 Å². The monoisotopic (exact) mass is 318 g/mol. The van der Waals surface area contributed by atoms with E-state index in [1.807, 2.05) is 48.9 Å². The Labute approximate surface area is 140 Å². The molecule has 0 aliphatic carbocycles. The minimum absolute atomic E-state index is 0.263. The molecule has 4 heteroatoms. The minimum Gasteiger partial charge on any atom is -0.478 e. The summed E-state index contributed by atoms with van der Waals surface area (Å²) in [4.78, 5) is 15.7. The van der Waals surface area contributed by atoms with Crippen molar-refractivity contribution in [2.75, 3.05) is 0 Å². The third kappa shape index (κ3) is 3.27. The first-order valence-electron chi connectivity index (χ1n) is 7.67. The van der Waals surface area contributed by atoms with Gasteiger partial charge in [-0.05, 0) is 61.4 Å². The Morgan fingerprint density at radius 3 is 2.71 bits per heavy atom. The highest BCUT2D eigenvalue weighted by Crippen LogP contribution is 2.20. The Morgan fingerprint density at radius 1 is 1.08 bits per heavy atom. The van der Waals surface area contributed by atoms with E-state index in [1.165, 1.54) is 0 Å². The molecule has 0 fully saturated rings. The van der Waals surface area contributed by atoms with Gasteiger partial charge >= 0.3 is 5.97 Å². The second-order valence-corrected chi connectivity index (χ2v) is 5.71. The van der Waals surface area contributed by atoms with Gasteiger partial charge in [0.05, 0.1) is 23.2 Å². The molecular formula is C20H18N2O2. The van der Waals surface area contributed by atoms with E-state index < -0.39 is 5.97 Å². The molecule has 0 unspecified atom stereocenters. The molecule has 1 N–H and O–H groups in total. The Balaban J connectivity index is 1.96. The van der Waals surface area contributed by atoms with Crippen LogP contribution in [-0.2, 0) is 0 Å². The fourth-order valence-electron chi connectivity index (χ4n) is 2.52. The summed E-state index contributed by atoms with van der Waals surface area (Å²) in [7, 11) is 0. The summed E-state index contributed by atoms with van der Waals surface area (Å²) in [5.74, 6) is -0.936. The molecule has 4 nitrogen and oxygen atoms in total. The standard InChI is InChI=1S/C20H18N2O2/c1-14-8-9-15(2)19(11-14)21-13-18-7-4-10-22(18)17-6-3-5-16(12-17)20(23)24/h3-13H,1-2H3,(H,23,24). The number of aromatic carboxylic acids is 1. The molecule has 0 bridgehead atoms. The number of nitrogens with zero attached hydrogens (tertiary/aromatic N) is 2. The molecule has 1 heterocycles. The van der Waals surface area contributed by atoms with Crippen molar-refractivity contribution >= 4 is 17.9 Å². The first-order chi connectivity index (χ1) is 11.5. The Kier molecular flexibility index (Phi) is 4.29. The van der Waals surface area contributed by atoms with Gasteiger partial charge in [0.25, 0.3) is 0 Å². The number of aryl methyl sites for hydroxylation is 2. The van der Waals surface area contributed by atoms with Crippen molar-refractivity contribution < 1.29 is 9.90 Å². The lowest BCUT2D eigenvalue weighted by Crippen LogP contribution is -2.01. The van der Waals surface area contributed by atoms with Crippen LogP contribution in [0.15, 0.2) is 65.8 Å². The predicted octanol–water partition coefficient (Wildman–Crippen LogP) is 4.54. The third-order valence-electron chi connectivity index (χ3n) is 3.85. The van der Waals surface area contributed by atoms with E-state index in [9.17, 15) is 4.79 Å². The second kappa shape index (κ2) is 6.54. The average molecular weight is 318 g/mol. The molecule has 3 rings (SSSR count). The third-order valence-corrected chi connectivity index (χ3v) is 3.85. The Morgan fingerprint density at radius 2 is 1.92 bits per heavy atom. The van der Waals surface area contributed by atoms with Gasteiger partial charge in [0.1, 0.15) is 0 Å². The molecule has 1 aromatic heterocycles. The molecule has 24 heavy (non-hydrogen) atoms. The van der Waals surface area contributed by atoms with Crippen LogP contribution in [0.5, 0.6) is 0 Å². The van der Waals surface area contributed by atoms with E-state index in [0.717, 1.165) is 28.2 Å². The van der Waals surface area contributed by atoms with E-state index in [1.54, 1.807) is 24.4 Å². The van der Waals surface area contributed by atoms with Crippen LogP contribution in [0.2, 0.25) is 0 Å². The van der Waals surface area contributed by atoms with E-state index in [2.05, 4.69) is 17.1 Å². The maximum absolute atomic E-state index is 11.2. The smallest absolute Gasteiger partial charge is 0.335 e. The fraction of sp³-hybridized carbons (Fsp3) is 0.100. The van der Waals surface area contributed by atoms with Crippen molar-refractivity contribution in [1.29, 1.82) is 0 Å². The van der Waals surface area contributed by atoms with Crippen molar-refractivity contribution in [3.63, 3.8) is 0 Å². The molecule has 0 amide bonds. The minimum atomic E-state index is -0.936. The highest BCUT2D eigenvalue weighted by molar-refractivity contribution is 5.88. The summed E-state index contributed by atoms with van der Waals surface area (Å²) in [6.45, 7) is 4.07. The average Bonchev–Trinajstić information content (AvgIpc) is 3.04. The van der Waals surface area contributed by atoms with Crippen molar-refractivity contribution in [2.24, 2.45) is 4.99 Å². The van der Waals surface area contributed by atoms with Gasteiger partial charge in [-0.3, -0.25) is 4.99 Å². The Bertz CT molecular complexity index is 923. The van der Waals surface area contributed by atoms with Crippen LogP contribution in [0, 0.1) is 13.8 Å². The number of benzene rings is 2. The molecule has 120 valence electrons. The number of carboxylic acid groups (broad SMARTS) is 1. The van der Waals surface area contributed by atoms with Crippen LogP contribution in [0.25, 0.3) is 5.69 Å². The quantitative estimate of drug-likeness (QED) is 0.718. The number of aromatic nitrogens is 1. The van der Waals surface area contributed by atoms with E-state index >= 15 is 0 Å². The molecule has 2 aromatic carbocycles. The van der Waals surface area contributed by atoms with Gasteiger partial charge in [-0.1, -0.05) is 18.2 Å². The van der Waals surface area contributed by atoms with Crippen LogP contribution in [-0.4, -0.2) is 21.9 Å². The molecule has 0 atom stereocenters. The lowest BCUT2D eigenvalue weighted by Gasteiger charge is -2.07. The van der Waals surface area contributed by atoms with Gasteiger partial charge in [-0.15, -0.1) is 0 Å². The van der Waals surface area contributed by atoms with Gasteiger partial charge in [-0.25, -0.2) is 4.79 Å². The van der Waals surface area contributed by atoms with E-state index in [-0.39, 0.29) is 5.56 Å². The zero-order chi connectivity index (χ0) is 17.1. The van der Waals surface area contributed by atoms with Gasteiger partial charge in [0.2, 0.25) is 0 Å². The van der Waals surface area contributed by atoms with Crippen molar-refractivity contribution in [2.45, 2.75) is 13.8 Å². The summed E-state index contributed by atoms with van der Waals surface area (Å²) in [5, 5.41) is 9.15. The molecule has 0 aliphatic rings. The van der Waals surface area contributed by atoms with Gasteiger partial charge in [-0.2, -0.15) is 0 Å². The van der Waals surface area contributed by atoms with Crippen LogP contribution in [0.4, 0.5) is 5.69 Å². The van der Waals surface area contributed by atoms with Crippen LogP contribution >= 0.6 is 0 Å². The molecule has 0 spiro atoms. The van der Waals surface area contributed by atoms with E-state index in [4.69, 9.17) is 5.11 Å². The maximum atomic E-state index is 11.2. The number of hydrogen-bond donors (Lipinski definition) is 1. The molecular weight excluding hydrogens is 300 g/mol. The summed E-state index contributed by atoms with van der Waals surface area (Å²) in [6.07, 6.45) is 3.70. The van der Waals surface area contributed by atoms with E-state index in [0.29, 0.717) is 0 Å². The number of rotatable bonds is 4. The predicted molar refractivity (Wildman–Crippen MR) is 95.9 cm³/mol. The fourth-order valence-corrected chi connectivity index (χ4v) is 2.52. The largest absolute Gasteiger partial charge is 0.478 e. The van der Waals surface area contributed by atoms with Gasteiger partial charge < -0.3 is 9.67 Å². The highest BCUT2D eigenvalue weighted by Gasteiger charge is 2.06. The van der Waals surface area contributed by atoms with Crippen LogP contribution in [0.1, 0.15) is 27.2 Å². The summed E-state index contributed by atoms with van der Waals surface area (Å²) in [6, 6.07) is 16.9. The first kappa shape index (κ1) is 15.7. The normalized spacial score (nSPS) is 11.1. The van der Waals surface area contributed by atoms with Crippen molar-refractivity contribution in [3.8, 4) is 5.69 Å². The lowest BCUT2D eigenvalue weighted by atomic mass is 10.1. The van der Waals surface area contributed by atoms with Gasteiger partial charge in [0, 0.05) is 11.9 Å². The number of hydrogen-bond acceptors (Lipinski definition) is 2. The lowest BCUT2D eigenvalue weighted by molar-refractivity contribution is 0.0697. The topological polar surface area (TPSA) is 54.6 Å². The Hall–Kier alpha value is -3.14. The molecule has 0 saturated carbocycles. The van der Waals surface area contributed by atoms with Crippen LogP contribution in [0.3, 0.4) is 0 Å². The molecule has 0 aliphatic heterocycles. The second-order valence-electron chi connectivity index (χ2n) is 5.71. The zero-order valence-corrected chi connectivity index (χ0v) is 13.6. The summed E-state index contributed by atoms with van der Waals surface area (Å²) in [5.41, 5.74) is 5.15. The zero-order valence-electron chi connectivity index (χ0n) is 13.6. The number of aliphatic imine (C=N–C) groups is 1. The number of carboxylic acids is 1. The first-order valence-corrected chi connectivity index (χ1v) is 7.67. The van der Waals surface area contributed by atoms with Crippen molar-refractivity contribution in [3.05, 3.63) is 83.2 Å². The SMILES string of the molecule is Cc1ccc(C)c(N=Cc2cccn2-c2cccc(C(=O)O)c2)c1. The summed E-state index contributed by atoms with van der Waals surface area (Å²) >= 11 is 0. The summed E-state index contributed by atoms with van der Waals surface area (Å²) < 4.78 is 1.92. The molecule has 3 aromatic rings. The number of carbonyl (C=O) groups is 1. The van der Waals surface area contributed by atoms with Crippen LogP contribution < -0.4 is 0 Å². The molecule has 0 saturated heterocycles. The van der Waals surface area contributed by atoms with Crippen molar-refractivity contribution in [1.82, 2.24) is 4.57 Å².